The molecule has 0 spiro atoms. The van der Waals surface area contributed by atoms with Gasteiger partial charge in [-0.15, -0.1) is 11.3 Å². The fraction of sp³-hybridized carbons (Fsp3) is 0.500. The molecule has 1 aliphatic heterocycles. The molecule has 3 heterocycles. The number of ether oxygens (including phenoxy) is 1. The molecule has 1 aliphatic rings. The van der Waals surface area contributed by atoms with E-state index < -0.39 is 0 Å². The Morgan fingerprint density at radius 3 is 3.00 bits per heavy atom. The van der Waals surface area contributed by atoms with Crippen molar-refractivity contribution in [2.45, 2.75) is 6.54 Å². The van der Waals surface area contributed by atoms with E-state index in [2.05, 4.69) is 9.88 Å². The number of aromatic nitrogens is 2. The van der Waals surface area contributed by atoms with Gasteiger partial charge in [0.15, 0.2) is 0 Å². The first-order chi connectivity index (χ1) is 8.84. The molecule has 0 radical (unpaired) electrons. The van der Waals surface area contributed by atoms with Crippen LogP contribution in [0.5, 0.6) is 0 Å². The number of morpholine rings is 1. The third-order valence-electron chi connectivity index (χ3n) is 3.20. The van der Waals surface area contributed by atoms with Crippen molar-refractivity contribution in [3.8, 4) is 0 Å². The van der Waals surface area contributed by atoms with Crippen LogP contribution in [0.1, 0.15) is 0 Å². The number of hydrogen-bond donors (Lipinski definition) is 0. The van der Waals surface area contributed by atoms with Crippen LogP contribution in [0.2, 0.25) is 0 Å². The fourth-order valence-electron chi connectivity index (χ4n) is 2.11. The number of hydrogen-bond acceptors (Lipinski definition) is 5. The van der Waals surface area contributed by atoms with Crippen LogP contribution in [-0.4, -0.2) is 47.3 Å². The minimum atomic E-state index is 0.0725. The zero-order valence-corrected chi connectivity index (χ0v) is 10.9. The first-order valence-electron chi connectivity index (χ1n) is 6.07. The van der Waals surface area contributed by atoms with Gasteiger partial charge in [0.1, 0.15) is 4.70 Å². The summed E-state index contributed by atoms with van der Waals surface area (Å²) in [5, 5.41) is 1.91. The Morgan fingerprint density at radius 2 is 2.17 bits per heavy atom. The Bertz CT molecular complexity index is 586. The van der Waals surface area contributed by atoms with Crippen LogP contribution in [0, 0.1) is 0 Å². The summed E-state index contributed by atoms with van der Waals surface area (Å²) in [7, 11) is 0. The van der Waals surface area contributed by atoms with E-state index in [1.807, 2.05) is 11.4 Å². The summed E-state index contributed by atoms with van der Waals surface area (Å²) in [4.78, 5) is 18.8. The van der Waals surface area contributed by atoms with Crippen molar-refractivity contribution in [2.75, 3.05) is 32.8 Å². The highest BCUT2D eigenvalue weighted by Gasteiger charge is 2.11. The first kappa shape index (κ1) is 11.8. The average molecular weight is 265 g/mol. The maximum absolute atomic E-state index is 12.2. The Kier molecular flexibility index (Phi) is 3.40. The van der Waals surface area contributed by atoms with Crippen LogP contribution in [0.15, 0.2) is 22.6 Å². The van der Waals surface area contributed by atoms with Crippen LogP contribution < -0.4 is 5.56 Å². The summed E-state index contributed by atoms with van der Waals surface area (Å²) in [5.74, 6) is 0. The minimum Gasteiger partial charge on any atom is -0.379 e. The number of nitrogens with zero attached hydrogens (tertiary/aromatic N) is 3. The Labute approximate surface area is 109 Å². The predicted molar refractivity (Wildman–Crippen MR) is 71.1 cm³/mol. The number of rotatable bonds is 3. The van der Waals surface area contributed by atoms with E-state index in [0.29, 0.717) is 6.54 Å². The zero-order chi connectivity index (χ0) is 12.4. The van der Waals surface area contributed by atoms with Crippen LogP contribution in [0.4, 0.5) is 0 Å². The lowest BCUT2D eigenvalue weighted by molar-refractivity contribution is 0.0362. The van der Waals surface area contributed by atoms with Crippen LogP contribution in [-0.2, 0) is 11.3 Å². The van der Waals surface area contributed by atoms with Crippen molar-refractivity contribution in [3.63, 3.8) is 0 Å². The molecule has 96 valence electrons. The molecule has 6 heteroatoms. The molecule has 3 rings (SSSR count). The van der Waals surface area contributed by atoms with Crippen molar-refractivity contribution in [1.82, 2.24) is 14.5 Å². The van der Waals surface area contributed by atoms with Crippen molar-refractivity contribution < 1.29 is 4.74 Å². The highest BCUT2D eigenvalue weighted by atomic mass is 32.1. The molecule has 0 atom stereocenters. The Balaban J connectivity index is 1.74. The number of thiophene rings is 1. The molecule has 0 unspecified atom stereocenters. The smallest absolute Gasteiger partial charge is 0.271 e. The van der Waals surface area contributed by atoms with E-state index >= 15 is 0 Å². The second kappa shape index (κ2) is 5.17. The monoisotopic (exact) mass is 265 g/mol. The maximum Gasteiger partial charge on any atom is 0.271 e. The molecular formula is C12H15N3O2S. The van der Waals surface area contributed by atoms with E-state index in [1.54, 1.807) is 10.9 Å². The zero-order valence-electron chi connectivity index (χ0n) is 10.0. The van der Waals surface area contributed by atoms with Gasteiger partial charge < -0.3 is 4.74 Å². The van der Waals surface area contributed by atoms with Gasteiger partial charge in [0.25, 0.3) is 5.56 Å². The van der Waals surface area contributed by atoms with Gasteiger partial charge in [-0.3, -0.25) is 14.3 Å². The lowest BCUT2D eigenvalue weighted by atomic mass is 10.4. The molecule has 0 aromatic carbocycles. The molecule has 2 aromatic heterocycles. The molecule has 1 saturated heterocycles. The molecule has 2 aromatic rings. The Morgan fingerprint density at radius 1 is 1.33 bits per heavy atom. The average Bonchev–Trinajstić information content (AvgIpc) is 2.88. The quantitative estimate of drug-likeness (QED) is 0.823. The molecular weight excluding hydrogens is 250 g/mol. The summed E-state index contributed by atoms with van der Waals surface area (Å²) in [6, 6.07) is 1.88. The van der Waals surface area contributed by atoms with Gasteiger partial charge >= 0.3 is 0 Å². The van der Waals surface area contributed by atoms with E-state index in [9.17, 15) is 4.79 Å². The van der Waals surface area contributed by atoms with Crippen LogP contribution >= 0.6 is 11.3 Å². The molecule has 0 amide bonds. The van der Waals surface area contributed by atoms with Crippen molar-refractivity contribution >= 4 is 21.6 Å². The third-order valence-corrected chi connectivity index (χ3v) is 4.09. The summed E-state index contributed by atoms with van der Waals surface area (Å²) in [5.41, 5.74) is 0.871. The molecule has 0 N–H and O–H groups in total. The fourth-order valence-corrected chi connectivity index (χ4v) is 2.90. The van der Waals surface area contributed by atoms with Crippen molar-refractivity contribution in [2.24, 2.45) is 0 Å². The molecule has 18 heavy (non-hydrogen) atoms. The van der Waals surface area contributed by atoms with Gasteiger partial charge in [-0.2, -0.15) is 0 Å². The third kappa shape index (κ3) is 2.31. The largest absolute Gasteiger partial charge is 0.379 e. The van der Waals surface area contributed by atoms with E-state index in [4.69, 9.17) is 4.74 Å². The van der Waals surface area contributed by atoms with Gasteiger partial charge in [0, 0.05) is 26.2 Å². The summed E-state index contributed by atoms with van der Waals surface area (Å²) in [6.07, 6.45) is 1.65. The second-order valence-corrected chi connectivity index (χ2v) is 5.25. The second-order valence-electron chi connectivity index (χ2n) is 4.33. The standard InChI is InChI=1S/C12H15N3O2S/c16-12-11-10(1-8-18-11)13-9-15(12)3-2-14-4-6-17-7-5-14/h1,8-9H,2-7H2. The lowest BCUT2D eigenvalue weighted by Gasteiger charge is -2.26. The normalized spacial score (nSPS) is 17.3. The minimum absolute atomic E-state index is 0.0725. The van der Waals surface area contributed by atoms with Crippen molar-refractivity contribution in [1.29, 1.82) is 0 Å². The van der Waals surface area contributed by atoms with Crippen LogP contribution in [0.25, 0.3) is 10.2 Å². The van der Waals surface area contributed by atoms with Gasteiger partial charge in [0.05, 0.1) is 25.1 Å². The predicted octanol–water partition coefficient (Wildman–Crippen LogP) is 0.790. The summed E-state index contributed by atoms with van der Waals surface area (Å²) >= 11 is 1.46. The van der Waals surface area contributed by atoms with Gasteiger partial charge in [0.2, 0.25) is 0 Å². The van der Waals surface area contributed by atoms with E-state index in [-0.39, 0.29) is 5.56 Å². The topological polar surface area (TPSA) is 47.4 Å². The number of fused-ring (bicyclic) bond motifs is 1. The maximum atomic E-state index is 12.2. The summed E-state index contributed by atoms with van der Waals surface area (Å²) < 4.78 is 7.75. The molecule has 0 bridgehead atoms. The van der Waals surface area contributed by atoms with Gasteiger partial charge in [-0.1, -0.05) is 0 Å². The SMILES string of the molecule is O=c1c2sccc2ncn1CCN1CCOCC1. The molecule has 0 saturated carbocycles. The van der Waals surface area contributed by atoms with E-state index in [0.717, 1.165) is 43.1 Å². The van der Waals surface area contributed by atoms with E-state index in [1.165, 1.54) is 11.3 Å². The van der Waals surface area contributed by atoms with Crippen molar-refractivity contribution in [3.05, 3.63) is 28.1 Å². The molecule has 0 aliphatic carbocycles. The highest BCUT2D eigenvalue weighted by Crippen LogP contribution is 2.13. The molecule has 1 fully saturated rings. The highest BCUT2D eigenvalue weighted by molar-refractivity contribution is 7.17. The first-order valence-corrected chi connectivity index (χ1v) is 6.95. The van der Waals surface area contributed by atoms with Gasteiger partial charge in [-0.05, 0) is 11.4 Å². The van der Waals surface area contributed by atoms with Crippen LogP contribution in [0.3, 0.4) is 0 Å². The summed E-state index contributed by atoms with van der Waals surface area (Å²) in [6.45, 7) is 5.04. The van der Waals surface area contributed by atoms with Gasteiger partial charge in [-0.25, -0.2) is 4.98 Å². The molecule has 5 nitrogen and oxygen atoms in total. The lowest BCUT2D eigenvalue weighted by Crippen LogP contribution is -2.39. The Hall–Kier alpha value is -1.24.